The van der Waals surface area contributed by atoms with E-state index < -0.39 is 0 Å². The quantitative estimate of drug-likeness (QED) is 0.569. The van der Waals surface area contributed by atoms with Gasteiger partial charge in [-0.1, -0.05) is 51.0 Å². The van der Waals surface area contributed by atoms with Gasteiger partial charge in [-0.2, -0.15) is 0 Å². The highest BCUT2D eigenvalue weighted by molar-refractivity contribution is 5.18. The summed E-state index contributed by atoms with van der Waals surface area (Å²) in [6, 6.07) is 0.681. The van der Waals surface area contributed by atoms with Crippen LogP contribution >= 0.6 is 0 Å². The number of allylic oxidation sites excluding steroid dienone is 4. The molecule has 0 aliphatic heterocycles. The fourth-order valence-electron chi connectivity index (χ4n) is 1.91. The molecule has 0 rings (SSSR count). The third kappa shape index (κ3) is 7.70. The number of hydrogen-bond donors (Lipinski definition) is 1. The van der Waals surface area contributed by atoms with Gasteiger partial charge in [0.25, 0.3) is 0 Å². The first-order chi connectivity index (χ1) is 7.78. The van der Waals surface area contributed by atoms with Gasteiger partial charge in [0, 0.05) is 6.04 Å². The van der Waals surface area contributed by atoms with Gasteiger partial charge in [0.1, 0.15) is 0 Å². The van der Waals surface area contributed by atoms with Gasteiger partial charge in [-0.15, -0.1) is 0 Å². The predicted molar refractivity (Wildman–Crippen MR) is 74.8 cm³/mol. The van der Waals surface area contributed by atoms with Gasteiger partial charge < -0.3 is 5.32 Å². The van der Waals surface area contributed by atoms with Gasteiger partial charge in [0.15, 0.2) is 0 Å². The maximum absolute atomic E-state index is 3.41. The van der Waals surface area contributed by atoms with E-state index in [0.29, 0.717) is 6.04 Å². The highest BCUT2D eigenvalue weighted by Gasteiger charge is 2.04. The molecule has 1 N–H and O–H groups in total. The maximum atomic E-state index is 3.41. The summed E-state index contributed by atoms with van der Waals surface area (Å²) < 4.78 is 0. The largest absolute Gasteiger partial charge is 0.317 e. The van der Waals surface area contributed by atoms with Crippen molar-refractivity contribution in [3.05, 3.63) is 23.8 Å². The van der Waals surface area contributed by atoms with Crippen molar-refractivity contribution in [2.24, 2.45) is 0 Å². The highest BCUT2D eigenvalue weighted by Crippen LogP contribution is 2.13. The Kier molecular flexibility index (Phi) is 10.6. The zero-order chi connectivity index (χ0) is 12.2. The van der Waals surface area contributed by atoms with Crippen molar-refractivity contribution in [3.63, 3.8) is 0 Å². The topological polar surface area (TPSA) is 12.0 Å². The Bertz CT molecular complexity index is 203. The molecular weight excluding hydrogens is 194 g/mol. The van der Waals surface area contributed by atoms with Gasteiger partial charge in [0.05, 0.1) is 0 Å². The fraction of sp³-hybridized carbons (Fsp3) is 0.733. The first-order valence-electron chi connectivity index (χ1n) is 6.81. The molecule has 16 heavy (non-hydrogen) atoms. The zero-order valence-electron chi connectivity index (χ0n) is 11.6. The maximum Gasteiger partial charge on any atom is 0.00671 e. The second-order valence-electron chi connectivity index (χ2n) is 4.31. The van der Waals surface area contributed by atoms with Crippen LogP contribution in [0, 0.1) is 0 Å². The van der Waals surface area contributed by atoms with E-state index in [1.165, 1.54) is 31.3 Å². The third-order valence-corrected chi connectivity index (χ3v) is 2.86. The standard InChI is InChI=1S/C15H29N/c1-5-8-11-14(9-6-2)12-13-15(16-4)10-7-3/h8-9,11,15-16H,5-7,10,12-13H2,1-4H3/b11-8-,14-9+. The lowest BCUT2D eigenvalue weighted by molar-refractivity contribution is 0.484. The molecule has 0 saturated carbocycles. The predicted octanol–water partition coefficient (Wildman–Crippen LogP) is 4.46. The van der Waals surface area contributed by atoms with Crippen molar-refractivity contribution < 1.29 is 0 Å². The first-order valence-corrected chi connectivity index (χ1v) is 6.81. The second kappa shape index (κ2) is 10.9. The zero-order valence-corrected chi connectivity index (χ0v) is 11.6. The van der Waals surface area contributed by atoms with Crippen molar-refractivity contribution in [3.8, 4) is 0 Å². The Morgan fingerprint density at radius 1 is 1.12 bits per heavy atom. The van der Waals surface area contributed by atoms with Crippen molar-refractivity contribution in [1.29, 1.82) is 0 Å². The summed E-state index contributed by atoms with van der Waals surface area (Å²) in [5.74, 6) is 0. The molecule has 0 aromatic heterocycles. The van der Waals surface area contributed by atoms with E-state index in [9.17, 15) is 0 Å². The van der Waals surface area contributed by atoms with Crippen LogP contribution in [0.2, 0.25) is 0 Å². The van der Waals surface area contributed by atoms with Gasteiger partial charge in [-0.25, -0.2) is 0 Å². The summed E-state index contributed by atoms with van der Waals surface area (Å²) in [4.78, 5) is 0. The monoisotopic (exact) mass is 223 g/mol. The lowest BCUT2D eigenvalue weighted by Gasteiger charge is -2.15. The SMILES string of the molecule is CC/C=C\C(=C/CC)CCC(CCC)NC. The fourth-order valence-corrected chi connectivity index (χ4v) is 1.91. The summed E-state index contributed by atoms with van der Waals surface area (Å²) in [5, 5.41) is 3.41. The van der Waals surface area contributed by atoms with E-state index in [1.807, 2.05) is 0 Å². The van der Waals surface area contributed by atoms with Crippen molar-refractivity contribution in [1.82, 2.24) is 5.32 Å². The number of hydrogen-bond acceptors (Lipinski definition) is 1. The number of rotatable bonds is 9. The van der Waals surface area contributed by atoms with E-state index >= 15 is 0 Å². The van der Waals surface area contributed by atoms with Crippen molar-refractivity contribution in [2.75, 3.05) is 7.05 Å². The van der Waals surface area contributed by atoms with Crippen molar-refractivity contribution >= 4 is 0 Å². The van der Waals surface area contributed by atoms with Crippen LogP contribution < -0.4 is 5.32 Å². The van der Waals surface area contributed by atoms with Gasteiger partial charge >= 0.3 is 0 Å². The third-order valence-electron chi connectivity index (χ3n) is 2.86. The Morgan fingerprint density at radius 3 is 2.38 bits per heavy atom. The molecule has 1 heteroatoms. The highest BCUT2D eigenvalue weighted by atomic mass is 14.9. The van der Waals surface area contributed by atoms with Gasteiger partial charge in [-0.3, -0.25) is 0 Å². The minimum atomic E-state index is 0.681. The molecule has 0 fully saturated rings. The molecule has 0 aliphatic rings. The molecule has 0 spiro atoms. The molecule has 1 nitrogen and oxygen atoms in total. The van der Waals surface area contributed by atoms with Crippen LogP contribution in [0.5, 0.6) is 0 Å². The average molecular weight is 223 g/mol. The van der Waals surface area contributed by atoms with Crippen LogP contribution in [-0.4, -0.2) is 13.1 Å². The molecule has 0 saturated heterocycles. The van der Waals surface area contributed by atoms with Gasteiger partial charge in [0.2, 0.25) is 0 Å². The minimum Gasteiger partial charge on any atom is -0.317 e. The molecular formula is C15H29N. The van der Waals surface area contributed by atoms with E-state index in [4.69, 9.17) is 0 Å². The summed E-state index contributed by atoms with van der Waals surface area (Å²) in [7, 11) is 2.07. The van der Waals surface area contributed by atoms with Crippen LogP contribution in [0.1, 0.15) is 59.3 Å². The molecule has 94 valence electrons. The molecule has 1 unspecified atom stereocenters. The Balaban J connectivity index is 4.09. The summed E-state index contributed by atoms with van der Waals surface area (Å²) in [6.07, 6.45) is 14.2. The van der Waals surface area contributed by atoms with Gasteiger partial charge in [-0.05, 0) is 39.2 Å². The molecule has 0 aromatic carbocycles. The Morgan fingerprint density at radius 2 is 1.88 bits per heavy atom. The average Bonchev–Trinajstić information content (AvgIpc) is 2.30. The van der Waals surface area contributed by atoms with E-state index in [-0.39, 0.29) is 0 Å². The van der Waals surface area contributed by atoms with E-state index in [1.54, 1.807) is 0 Å². The lowest BCUT2D eigenvalue weighted by atomic mass is 10.0. The van der Waals surface area contributed by atoms with E-state index in [2.05, 4.69) is 51.4 Å². The Hall–Kier alpha value is -0.560. The molecule has 1 atom stereocenters. The normalized spacial score (nSPS) is 14.6. The molecule has 0 radical (unpaired) electrons. The number of nitrogens with one attached hydrogen (secondary N) is 1. The summed E-state index contributed by atoms with van der Waals surface area (Å²) >= 11 is 0. The lowest BCUT2D eigenvalue weighted by Crippen LogP contribution is -2.24. The van der Waals surface area contributed by atoms with Crippen LogP contribution in [0.3, 0.4) is 0 Å². The smallest absolute Gasteiger partial charge is 0.00671 e. The van der Waals surface area contributed by atoms with Crippen molar-refractivity contribution in [2.45, 2.75) is 65.3 Å². The second-order valence-corrected chi connectivity index (χ2v) is 4.31. The van der Waals surface area contributed by atoms with E-state index in [0.717, 1.165) is 12.8 Å². The molecule has 0 heterocycles. The van der Waals surface area contributed by atoms with Crippen LogP contribution in [-0.2, 0) is 0 Å². The van der Waals surface area contributed by atoms with Crippen LogP contribution in [0.4, 0.5) is 0 Å². The molecule has 0 aromatic rings. The Labute approximate surface area is 102 Å². The first kappa shape index (κ1) is 15.4. The van der Waals surface area contributed by atoms with Crippen LogP contribution in [0.25, 0.3) is 0 Å². The molecule has 0 bridgehead atoms. The molecule has 0 amide bonds. The minimum absolute atomic E-state index is 0.681. The summed E-state index contributed by atoms with van der Waals surface area (Å²) in [5.41, 5.74) is 1.50. The summed E-state index contributed by atoms with van der Waals surface area (Å²) in [6.45, 7) is 6.65. The molecule has 0 aliphatic carbocycles. The van der Waals surface area contributed by atoms with Crippen LogP contribution in [0.15, 0.2) is 23.8 Å².